The van der Waals surface area contributed by atoms with E-state index in [1.807, 2.05) is 13.8 Å². The standard InChI is InChI=1S/C23H30FN3O4S/c1-15(2)21(26-32(30,31)20-9-7-6-8-19(20)24)22(28)25-14-17-10-12-18(13-11-17)23(29)27(5)16(3)4/h6-13,15-16,21,26H,14H2,1-5H3,(H,25,28)/t21-/m0/s1. The van der Waals surface area contributed by atoms with E-state index in [1.165, 1.54) is 12.1 Å². The highest BCUT2D eigenvalue weighted by molar-refractivity contribution is 7.89. The molecule has 2 rings (SSSR count). The summed E-state index contributed by atoms with van der Waals surface area (Å²) in [5.74, 6) is -1.89. The average Bonchev–Trinajstić information content (AvgIpc) is 2.75. The summed E-state index contributed by atoms with van der Waals surface area (Å²) in [5, 5.41) is 2.70. The van der Waals surface area contributed by atoms with E-state index < -0.39 is 32.7 Å². The first-order chi connectivity index (χ1) is 14.9. The van der Waals surface area contributed by atoms with Crippen LogP contribution in [0.3, 0.4) is 0 Å². The van der Waals surface area contributed by atoms with Crippen LogP contribution >= 0.6 is 0 Å². The molecular weight excluding hydrogens is 433 g/mol. The fourth-order valence-corrected chi connectivity index (χ4v) is 4.31. The monoisotopic (exact) mass is 463 g/mol. The second-order valence-electron chi connectivity index (χ2n) is 8.20. The van der Waals surface area contributed by atoms with Gasteiger partial charge in [-0.3, -0.25) is 9.59 Å². The van der Waals surface area contributed by atoms with E-state index in [2.05, 4.69) is 10.0 Å². The Kier molecular flexibility index (Phi) is 8.51. The maximum absolute atomic E-state index is 13.9. The Morgan fingerprint density at radius 3 is 2.12 bits per heavy atom. The molecule has 0 aromatic heterocycles. The molecule has 2 N–H and O–H groups in total. The minimum absolute atomic E-state index is 0.0718. The van der Waals surface area contributed by atoms with Gasteiger partial charge in [-0.05, 0) is 49.6 Å². The van der Waals surface area contributed by atoms with E-state index in [4.69, 9.17) is 0 Å². The Hall–Kier alpha value is -2.78. The zero-order valence-electron chi connectivity index (χ0n) is 18.9. The third kappa shape index (κ3) is 6.37. The fourth-order valence-electron chi connectivity index (χ4n) is 2.89. The van der Waals surface area contributed by atoms with Crippen molar-refractivity contribution < 1.29 is 22.4 Å². The van der Waals surface area contributed by atoms with Crippen molar-refractivity contribution in [1.29, 1.82) is 0 Å². The van der Waals surface area contributed by atoms with Gasteiger partial charge in [0.1, 0.15) is 16.8 Å². The number of amides is 2. The summed E-state index contributed by atoms with van der Waals surface area (Å²) >= 11 is 0. The topological polar surface area (TPSA) is 95.6 Å². The van der Waals surface area contributed by atoms with Gasteiger partial charge in [0, 0.05) is 25.2 Å². The summed E-state index contributed by atoms with van der Waals surface area (Å²) < 4.78 is 41.4. The maximum atomic E-state index is 13.9. The molecule has 0 spiro atoms. The lowest BCUT2D eigenvalue weighted by atomic mass is 10.0. The molecule has 0 bridgehead atoms. The first-order valence-corrected chi connectivity index (χ1v) is 11.8. The van der Waals surface area contributed by atoms with Crippen molar-refractivity contribution in [3.05, 3.63) is 65.5 Å². The third-order valence-corrected chi connectivity index (χ3v) is 6.59. The molecule has 7 nitrogen and oxygen atoms in total. The van der Waals surface area contributed by atoms with Crippen molar-refractivity contribution in [3.8, 4) is 0 Å². The largest absolute Gasteiger partial charge is 0.351 e. The molecule has 32 heavy (non-hydrogen) atoms. The third-order valence-electron chi connectivity index (χ3n) is 5.12. The zero-order valence-corrected chi connectivity index (χ0v) is 19.7. The molecule has 0 saturated heterocycles. The molecule has 0 saturated carbocycles. The van der Waals surface area contributed by atoms with Crippen molar-refractivity contribution in [3.63, 3.8) is 0 Å². The van der Waals surface area contributed by atoms with Crippen LogP contribution in [0.25, 0.3) is 0 Å². The molecule has 2 aromatic rings. The normalized spacial score (nSPS) is 12.6. The van der Waals surface area contributed by atoms with Crippen molar-refractivity contribution in [2.24, 2.45) is 5.92 Å². The number of hydrogen-bond acceptors (Lipinski definition) is 4. The molecule has 0 fully saturated rings. The average molecular weight is 464 g/mol. The van der Waals surface area contributed by atoms with Crippen LogP contribution in [0, 0.1) is 11.7 Å². The number of nitrogens with zero attached hydrogens (tertiary/aromatic N) is 1. The van der Waals surface area contributed by atoms with Gasteiger partial charge >= 0.3 is 0 Å². The van der Waals surface area contributed by atoms with Crippen molar-refractivity contribution in [1.82, 2.24) is 14.9 Å². The molecule has 1 atom stereocenters. The Morgan fingerprint density at radius 2 is 1.59 bits per heavy atom. The van der Waals surface area contributed by atoms with E-state index >= 15 is 0 Å². The van der Waals surface area contributed by atoms with Gasteiger partial charge in [0.2, 0.25) is 15.9 Å². The number of rotatable bonds is 9. The van der Waals surface area contributed by atoms with Gasteiger partial charge < -0.3 is 10.2 Å². The molecule has 0 aliphatic heterocycles. The number of carbonyl (C=O) groups excluding carboxylic acids is 2. The Bertz CT molecular complexity index is 1050. The second-order valence-corrected chi connectivity index (χ2v) is 9.88. The van der Waals surface area contributed by atoms with Crippen LogP contribution in [0.15, 0.2) is 53.4 Å². The Labute approximate surface area is 189 Å². The van der Waals surface area contributed by atoms with Gasteiger partial charge in [-0.25, -0.2) is 12.8 Å². The van der Waals surface area contributed by atoms with E-state index in [-0.39, 0.29) is 24.4 Å². The van der Waals surface area contributed by atoms with E-state index in [0.717, 1.165) is 17.7 Å². The van der Waals surface area contributed by atoms with Crippen LogP contribution in [0.5, 0.6) is 0 Å². The number of nitrogens with one attached hydrogen (secondary N) is 2. The summed E-state index contributed by atoms with van der Waals surface area (Å²) in [7, 11) is -2.49. The second kappa shape index (κ2) is 10.7. The number of hydrogen-bond donors (Lipinski definition) is 2. The Balaban J connectivity index is 2.06. The van der Waals surface area contributed by atoms with Crippen LogP contribution in [-0.2, 0) is 21.4 Å². The zero-order chi connectivity index (χ0) is 24.1. The first kappa shape index (κ1) is 25.5. The van der Waals surface area contributed by atoms with Crippen LogP contribution in [0.4, 0.5) is 4.39 Å². The van der Waals surface area contributed by atoms with Gasteiger partial charge in [-0.15, -0.1) is 0 Å². The van der Waals surface area contributed by atoms with E-state index in [1.54, 1.807) is 50.1 Å². The predicted octanol–water partition coefficient (Wildman–Crippen LogP) is 2.93. The van der Waals surface area contributed by atoms with Gasteiger partial charge in [0.15, 0.2) is 0 Å². The summed E-state index contributed by atoms with van der Waals surface area (Å²) in [4.78, 5) is 26.2. The SMILES string of the molecule is CC(C)[C@H](NS(=O)(=O)c1ccccc1F)C(=O)NCc1ccc(C(=O)N(C)C(C)C)cc1. The quantitative estimate of drug-likeness (QED) is 0.598. The minimum atomic E-state index is -4.22. The summed E-state index contributed by atoms with van der Waals surface area (Å²) in [6.07, 6.45) is 0. The lowest BCUT2D eigenvalue weighted by Gasteiger charge is -2.22. The highest BCUT2D eigenvalue weighted by Crippen LogP contribution is 2.16. The molecule has 2 amide bonds. The van der Waals surface area contributed by atoms with Crippen LogP contribution in [-0.4, -0.2) is 44.3 Å². The van der Waals surface area contributed by atoms with Gasteiger partial charge in [0.05, 0.1) is 0 Å². The van der Waals surface area contributed by atoms with Crippen molar-refractivity contribution in [2.45, 2.75) is 51.2 Å². The molecule has 0 aliphatic carbocycles. The predicted molar refractivity (Wildman–Crippen MR) is 121 cm³/mol. The molecular formula is C23H30FN3O4S. The van der Waals surface area contributed by atoms with Gasteiger partial charge in [0.25, 0.3) is 5.91 Å². The fraction of sp³-hybridized carbons (Fsp3) is 0.391. The molecule has 0 unspecified atom stereocenters. The highest BCUT2D eigenvalue weighted by Gasteiger charge is 2.29. The van der Waals surface area contributed by atoms with Crippen LogP contribution < -0.4 is 10.0 Å². The molecule has 0 radical (unpaired) electrons. The number of halogens is 1. The van der Waals surface area contributed by atoms with Gasteiger partial charge in [-0.2, -0.15) is 4.72 Å². The van der Waals surface area contributed by atoms with Crippen LogP contribution in [0.1, 0.15) is 43.6 Å². The highest BCUT2D eigenvalue weighted by atomic mass is 32.2. The Morgan fingerprint density at radius 1 is 1.00 bits per heavy atom. The van der Waals surface area contributed by atoms with E-state index in [9.17, 15) is 22.4 Å². The van der Waals surface area contributed by atoms with Gasteiger partial charge in [-0.1, -0.05) is 38.1 Å². The van der Waals surface area contributed by atoms with E-state index in [0.29, 0.717) is 5.56 Å². The summed E-state index contributed by atoms with van der Waals surface area (Å²) in [6, 6.07) is 10.8. The molecule has 174 valence electrons. The minimum Gasteiger partial charge on any atom is -0.351 e. The molecule has 0 aliphatic rings. The first-order valence-electron chi connectivity index (χ1n) is 10.3. The molecule has 9 heteroatoms. The lowest BCUT2D eigenvalue weighted by Crippen LogP contribution is -2.49. The summed E-state index contributed by atoms with van der Waals surface area (Å²) in [5.41, 5.74) is 1.29. The number of benzene rings is 2. The summed E-state index contributed by atoms with van der Waals surface area (Å²) in [6.45, 7) is 7.39. The van der Waals surface area contributed by atoms with Crippen LogP contribution in [0.2, 0.25) is 0 Å². The lowest BCUT2D eigenvalue weighted by molar-refractivity contribution is -0.123. The maximum Gasteiger partial charge on any atom is 0.253 e. The van der Waals surface area contributed by atoms with Crippen molar-refractivity contribution in [2.75, 3.05) is 7.05 Å². The molecule has 0 heterocycles. The number of sulfonamides is 1. The van der Waals surface area contributed by atoms with Crippen molar-refractivity contribution >= 4 is 21.8 Å². The smallest absolute Gasteiger partial charge is 0.253 e. The number of carbonyl (C=O) groups is 2. The molecule has 2 aromatic carbocycles.